The van der Waals surface area contributed by atoms with E-state index < -0.39 is 23.6 Å². The molecule has 0 saturated heterocycles. The summed E-state index contributed by atoms with van der Waals surface area (Å²) in [6.45, 7) is 0.0213. The fraction of sp³-hybridized carbons (Fsp3) is 0.273. The van der Waals surface area contributed by atoms with Crippen LogP contribution in [0.15, 0.2) is 18.5 Å². The summed E-state index contributed by atoms with van der Waals surface area (Å²) in [5.41, 5.74) is 2.52. The number of hydrogen-bond donors (Lipinski definition) is 2. The fourth-order valence-corrected chi connectivity index (χ4v) is 1.81. The summed E-state index contributed by atoms with van der Waals surface area (Å²) in [4.78, 5) is 15.6. The van der Waals surface area contributed by atoms with Gasteiger partial charge in [-0.3, -0.25) is 10.2 Å². The third-order valence-corrected chi connectivity index (χ3v) is 2.72. The minimum atomic E-state index is -1.02. The molecule has 1 aromatic heterocycles. The maximum atomic E-state index is 13.3. The summed E-state index contributed by atoms with van der Waals surface area (Å²) in [6, 6.07) is 1.13. The number of rotatable bonds is 4. The number of amides is 1. The van der Waals surface area contributed by atoms with Gasteiger partial charge in [0.05, 0.1) is 24.0 Å². The molecular weight excluding hydrogens is 258 g/mol. The van der Waals surface area contributed by atoms with E-state index in [0.717, 1.165) is 12.1 Å². The van der Waals surface area contributed by atoms with Gasteiger partial charge in [0.2, 0.25) is 0 Å². The van der Waals surface area contributed by atoms with Crippen LogP contribution < -0.4 is 11.3 Å². The van der Waals surface area contributed by atoms with E-state index in [-0.39, 0.29) is 17.6 Å². The third-order valence-electron chi connectivity index (χ3n) is 2.72. The van der Waals surface area contributed by atoms with E-state index in [2.05, 4.69) is 4.98 Å². The van der Waals surface area contributed by atoms with Crippen molar-refractivity contribution in [2.24, 2.45) is 5.84 Å². The van der Waals surface area contributed by atoms with Crippen molar-refractivity contribution < 1.29 is 18.3 Å². The number of carbonyl (C=O) groups excluding carboxylic acids is 1. The molecule has 1 aromatic carbocycles. The lowest BCUT2D eigenvalue weighted by Gasteiger charge is -2.16. The number of halogens is 2. The largest absolute Gasteiger partial charge is 0.382 e. The molecule has 1 unspecified atom stereocenters. The van der Waals surface area contributed by atoms with Crippen molar-refractivity contribution >= 4 is 16.9 Å². The van der Waals surface area contributed by atoms with Crippen molar-refractivity contribution in [3.05, 3.63) is 30.1 Å². The molecule has 19 heavy (non-hydrogen) atoms. The topological polar surface area (TPSA) is 82.2 Å². The maximum Gasteiger partial charge on any atom is 0.259 e. The van der Waals surface area contributed by atoms with Crippen molar-refractivity contribution in [2.45, 2.75) is 6.04 Å². The van der Waals surface area contributed by atoms with E-state index in [1.807, 2.05) is 5.43 Å². The van der Waals surface area contributed by atoms with Crippen LogP contribution in [0.4, 0.5) is 8.78 Å². The monoisotopic (exact) mass is 270 g/mol. The average Bonchev–Trinajstić information content (AvgIpc) is 2.78. The second-order valence-corrected chi connectivity index (χ2v) is 3.89. The number of hydrazine groups is 1. The predicted octanol–water partition coefficient (Wildman–Crippen LogP) is 0.492. The van der Waals surface area contributed by atoms with Crippen LogP contribution in [0.2, 0.25) is 0 Å². The Kier molecular flexibility index (Phi) is 3.72. The Morgan fingerprint density at radius 2 is 2.21 bits per heavy atom. The second kappa shape index (κ2) is 5.29. The van der Waals surface area contributed by atoms with E-state index in [1.165, 1.54) is 18.0 Å². The molecule has 0 saturated carbocycles. The lowest BCUT2D eigenvalue weighted by atomic mass is 10.2. The molecule has 102 valence electrons. The number of nitrogens with zero attached hydrogens (tertiary/aromatic N) is 2. The van der Waals surface area contributed by atoms with Crippen LogP contribution >= 0.6 is 0 Å². The number of imidazole rings is 1. The summed E-state index contributed by atoms with van der Waals surface area (Å²) >= 11 is 0. The molecule has 0 spiro atoms. The molecule has 1 heterocycles. The van der Waals surface area contributed by atoms with Crippen molar-refractivity contribution in [2.75, 3.05) is 13.7 Å². The van der Waals surface area contributed by atoms with Crippen molar-refractivity contribution in [3.8, 4) is 0 Å². The van der Waals surface area contributed by atoms with Gasteiger partial charge >= 0.3 is 0 Å². The standard InChI is InChI=1S/C11H12F2N4O2/c1-19-4-10(11(18)16-14)17-5-15-8-2-6(12)7(13)3-9(8)17/h2-3,5,10H,4,14H2,1H3,(H,16,18). The predicted molar refractivity (Wildman–Crippen MR) is 62.9 cm³/mol. The van der Waals surface area contributed by atoms with E-state index in [4.69, 9.17) is 10.6 Å². The molecule has 2 rings (SSSR count). The van der Waals surface area contributed by atoms with Crippen molar-refractivity contribution in [1.82, 2.24) is 15.0 Å². The Hall–Kier alpha value is -2.06. The minimum Gasteiger partial charge on any atom is -0.382 e. The molecule has 6 nitrogen and oxygen atoms in total. The second-order valence-electron chi connectivity index (χ2n) is 3.89. The lowest BCUT2D eigenvalue weighted by Crippen LogP contribution is -2.38. The molecule has 2 aromatic rings. The minimum absolute atomic E-state index is 0.0213. The molecule has 1 amide bonds. The van der Waals surface area contributed by atoms with Crippen LogP contribution in [0.25, 0.3) is 11.0 Å². The summed E-state index contributed by atoms with van der Waals surface area (Å²) in [7, 11) is 1.41. The molecule has 0 aliphatic carbocycles. The van der Waals surface area contributed by atoms with Crippen LogP contribution in [0.5, 0.6) is 0 Å². The number of methoxy groups -OCH3 is 1. The van der Waals surface area contributed by atoms with Gasteiger partial charge < -0.3 is 9.30 Å². The van der Waals surface area contributed by atoms with Gasteiger partial charge in [-0.05, 0) is 0 Å². The van der Waals surface area contributed by atoms with Gasteiger partial charge in [-0.1, -0.05) is 0 Å². The Morgan fingerprint density at radius 3 is 2.84 bits per heavy atom. The first-order valence-electron chi connectivity index (χ1n) is 5.39. The number of nitrogens with one attached hydrogen (secondary N) is 1. The smallest absolute Gasteiger partial charge is 0.259 e. The summed E-state index contributed by atoms with van der Waals surface area (Å²) < 4.78 is 32.6. The summed E-state index contributed by atoms with van der Waals surface area (Å²) in [5, 5.41) is 0. The highest BCUT2D eigenvalue weighted by Gasteiger charge is 2.22. The fourth-order valence-electron chi connectivity index (χ4n) is 1.81. The first kappa shape index (κ1) is 13.4. The van der Waals surface area contributed by atoms with Gasteiger partial charge in [-0.25, -0.2) is 19.6 Å². The average molecular weight is 270 g/mol. The Morgan fingerprint density at radius 1 is 1.53 bits per heavy atom. The number of nitrogens with two attached hydrogens (primary N) is 1. The number of fused-ring (bicyclic) bond motifs is 1. The molecule has 0 fully saturated rings. The molecular formula is C11H12F2N4O2. The molecule has 0 aliphatic rings. The van der Waals surface area contributed by atoms with Crippen LogP contribution in [0, 0.1) is 11.6 Å². The highest BCUT2D eigenvalue weighted by Crippen LogP contribution is 2.21. The number of ether oxygens (including phenoxy) is 1. The molecule has 8 heteroatoms. The molecule has 0 bridgehead atoms. The Bertz CT molecular complexity index is 614. The first-order valence-corrected chi connectivity index (χ1v) is 5.39. The quantitative estimate of drug-likeness (QED) is 0.481. The molecule has 1 atom stereocenters. The van der Waals surface area contributed by atoms with Gasteiger partial charge in [0.25, 0.3) is 5.91 Å². The van der Waals surface area contributed by atoms with E-state index >= 15 is 0 Å². The Labute approximate surface area is 107 Å². The van der Waals surface area contributed by atoms with E-state index in [9.17, 15) is 13.6 Å². The first-order chi connectivity index (χ1) is 9.08. The van der Waals surface area contributed by atoms with Crippen molar-refractivity contribution in [3.63, 3.8) is 0 Å². The zero-order valence-electron chi connectivity index (χ0n) is 10.1. The normalized spacial score (nSPS) is 12.6. The van der Waals surface area contributed by atoms with Gasteiger partial charge in [-0.15, -0.1) is 0 Å². The number of hydrogen-bond acceptors (Lipinski definition) is 4. The van der Waals surface area contributed by atoms with Crippen molar-refractivity contribution in [1.29, 1.82) is 0 Å². The highest BCUT2D eigenvalue weighted by atomic mass is 19.2. The zero-order chi connectivity index (χ0) is 14.0. The van der Waals surface area contributed by atoms with Gasteiger partial charge in [-0.2, -0.15) is 0 Å². The highest BCUT2D eigenvalue weighted by molar-refractivity contribution is 5.83. The third kappa shape index (κ3) is 2.40. The number of aromatic nitrogens is 2. The molecule has 3 N–H and O–H groups in total. The van der Waals surface area contributed by atoms with Crippen LogP contribution in [-0.2, 0) is 9.53 Å². The van der Waals surface area contributed by atoms with E-state index in [0.29, 0.717) is 0 Å². The molecule has 0 radical (unpaired) electrons. The zero-order valence-corrected chi connectivity index (χ0v) is 10.1. The summed E-state index contributed by atoms with van der Waals surface area (Å²) in [6.07, 6.45) is 1.31. The number of benzene rings is 1. The van der Waals surface area contributed by atoms with Gasteiger partial charge in [0.1, 0.15) is 6.04 Å². The summed E-state index contributed by atoms with van der Waals surface area (Å²) in [5.74, 6) is 2.55. The van der Waals surface area contributed by atoms with E-state index in [1.54, 1.807) is 0 Å². The number of carbonyl (C=O) groups is 1. The Balaban J connectivity index is 2.54. The van der Waals surface area contributed by atoms with Gasteiger partial charge in [0.15, 0.2) is 11.6 Å². The SMILES string of the molecule is COCC(C(=O)NN)n1cnc2cc(F)c(F)cc21. The van der Waals surface area contributed by atoms with Crippen LogP contribution in [-0.4, -0.2) is 29.2 Å². The molecule has 0 aliphatic heterocycles. The van der Waals surface area contributed by atoms with Crippen LogP contribution in [0.3, 0.4) is 0 Å². The maximum absolute atomic E-state index is 13.3. The van der Waals surface area contributed by atoms with Crippen LogP contribution in [0.1, 0.15) is 6.04 Å². The lowest BCUT2D eigenvalue weighted by molar-refractivity contribution is -0.125. The van der Waals surface area contributed by atoms with Gasteiger partial charge in [0, 0.05) is 19.2 Å².